The van der Waals surface area contributed by atoms with Gasteiger partial charge in [0.2, 0.25) is 0 Å². The SMILES string of the molecule is C[C@@H]1C[C@@H]1c1ccc(CN(C)Cc2cc(=O)oc3cc4c(cc23)CCC4)o1. The lowest BCUT2D eigenvalue weighted by Crippen LogP contribution is -2.18. The molecule has 0 spiro atoms. The predicted molar refractivity (Wildman–Crippen MR) is 105 cm³/mol. The summed E-state index contributed by atoms with van der Waals surface area (Å²) >= 11 is 0. The molecule has 3 aromatic rings. The minimum Gasteiger partial charge on any atom is -0.464 e. The molecule has 0 amide bonds. The van der Waals surface area contributed by atoms with Crippen molar-refractivity contribution in [1.82, 2.24) is 4.90 Å². The summed E-state index contributed by atoms with van der Waals surface area (Å²) in [6.07, 6.45) is 4.62. The van der Waals surface area contributed by atoms with Crippen molar-refractivity contribution >= 4 is 11.0 Å². The van der Waals surface area contributed by atoms with E-state index in [0.29, 0.717) is 12.5 Å². The Morgan fingerprint density at radius 3 is 2.63 bits per heavy atom. The summed E-state index contributed by atoms with van der Waals surface area (Å²) in [6, 6.07) is 10.1. The standard InChI is InChI=1S/C23H25NO3/c1-14-8-19(14)21-7-6-18(26-21)13-24(2)12-17-11-23(25)27-22-10-16-5-3-4-15(16)9-20(17)22/h6-7,9-11,14,19H,3-5,8,12-13H2,1-2H3/t14-,19+/m1/s1. The lowest BCUT2D eigenvalue weighted by molar-refractivity contribution is 0.283. The molecule has 0 saturated heterocycles. The summed E-state index contributed by atoms with van der Waals surface area (Å²) in [5, 5.41) is 1.06. The van der Waals surface area contributed by atoms with Gasteiger partial charge < -0.3 is 8.83 Å². The highest BCUT2D eigenvalue weighted by atomic mass is 16.4. The molecule has 4 nitrogen and oxygen atoms in total. The summed E-state index contributed by atoms with van der Waals surface area (Å²) in [7, 11) is 2.07. The van der Waals surface area contributed by atoms with Gasteiger partial charge in [-0.15, -0.1) is 0 Å². The van der Waals surface area contributed by atoms with Gasteiger partial charge in [-0.25, -0.2) is 4.79 Å². The fraction of sp³-hybridized carbons (Fsp3) is 0.435. The third kappa shape index (κ3) is 3.23. The number of fused-ring (bicyclic) bond motifs is 2. The maximum absolute atomic E-state index is 12.1. The maximum atomic E-state index is 12.1. The number of aryl methyl sites for hydroxylation is 2. The Morgan fingerprint density at radius 2 is 1.85 bits per heavy atom. The van der Waals surface area contributed by atoms with Crippen molar-refractivity contribution in [3.8, 4) is 0 Å². The molecule has 0 N–H and O–H groups in total. The highest BCUT2D eigenvalue weighted by Gasteiger charge is 2.36. The van der Waals surface area contributed by atoms with Crippen LogP contribution in [0.4, 0.5) is 0 Å². The molecular formula is C23H25NO3. The van der Waals surface area contributed by atoms with E-state index in [4.69, 9.17) is 8.83 Å². The number of rotatable bonds is 5. The highest BCUT2D eigenvalue weighted by Crippen LogP contribution is 2.47. The van der Waals surface area contributed by atoms with Gasteiger partial charge in [-0.3, -0.25) is 4.90 Å². The third-order valence-electron chi connectivity index (χ3n) is 6.07. The molecular weight excluding hydrogens is 338 g/mol. The van der Waals surface area contributed by atoms with Crippen LogP contribution >= 0.6 is 0 Å². The van der Waals surface area contributed by atoms with Gasteiger partial charge in [-0.05, 0) is 79.6 Å². The number of hydrogen-bond donors (Lipinski definition) is 0. The van der Waals surface area contributed by atoms with Gasteiger partial charge in [0, 0.05) is 23.9 Å². The number of benzene rings is 1. The molecule has 4 heteroatoms. The van der Waals surface area contributed by atoms with Crippen LogP contribution in [-0.2, 0) is 25.9 Å². The first-order valence-corrected chi connectivity index (χ1v) is 9.92. The van der Waals surface area contributed by atoms with E-state index >= 15 is 0 Å². The molecule has 140 valence electrons. The average molecular weight is 363 g/mol. The Labute approximate surface area is 158 Å². The van der Waals surface area contributed by atoms with Crippen LogP contribution in [0.15, 0.2) is 44.0 Å². The summed E-state index contributed by atoms with van der Waals surface area (Å²) in [4.78, 5) is 14.3. The second kappa shape index (κ2) is 6.38. The van der Waals surface area contributed by atoms with E-state index in [9.17, 15) is 4.79 Å². The van der Waals surface area contributed by atoms with Crippen molar-refractivity contribution in [2.45, 2.75) is 51.6 Å². The molecule has 0 bridgehead atoms. The van der Waals surface area contributed by atoms with Crippen molar-refractivity contribution in [1.29, 1.82) is 0 Å². The normalized spacial score (nSPS) is 21.1. The topological polar surface area (TPSA) is 46.6 Å². The molecule has 2 aromatic heterocycles. The molecule has 5 rings (SSSR count). The molecule has 2 heterocycles. The van der Waals surface area contributed by atoms with Crippen molar-refractivity contribution in [3.05, 3.63) is 69.0 Å². The van der Waals surface area contributed by atoms with Crippen LogP contribution in [0.25, 0.3) is 11.0 Å². The van der Waals surface area contributed by atoms with Crippen LogP contribution in [0.1, 0.15) is 53.9 Å². The Hall–Kier alpha value is -2.33. The Balaban J connectivity index is 1.38. The van der Waals surface area contributed by atoms with E-state index in [-0.39, 0.29) is 5.63 Å². The quantitative estimate of drug-likeness (QED) is 0.620. The van der Waals surface area contributed by atoms with E-state index in [1.165, 1.54) is 24.0 Å². The fourth-order valence-corrected chi connectivity index (χ4v) is 4.44. The first kappa shape index (κ1) is 16.8. The van der Waals surface area contributed by atoms with Gasteiger partial charge in [0.25, 0.3) is 0 Å². The molecule has 2 atom stereocenters. The second-order valence-electron chi connectivity index (χ2n) is 8.36. The van der Waals surface area contributed by atoms with Crippen molar-refractivity contribution < 1.29 is 8.83 Å². The van der Waals surface area contributed by atoms with Crippen LogP contribution in [0.3, 0.4) is 0 Å². The number of nitrogens with zero attached hydrogens (tertiary/aromatic N) is 1. The second-order valence-corrected chi connectivity index (χ2v) is 8.36. The summed E-state index contributed by atoms with van der Waals surface area (Å²) in [5.41, 5.74) is 4.20. The molecule has 1 fully saturated rings. The van der Waals surface area contributed by atoms with Crippen molar-refractivity contribution in [2.24, 2.45) is 5.92 Å². The molecule has 0 aliphatic heterocycles. The molecule has 0 unspecified atom stereocenters. The molecule has 2 aliphatic carbocycles. The Kier molecular flexibility index (Phi) is 3.97. The van der Waals surface area contributed by atoms with E-state index in [0.717, 1.165) is 53.4 Å². The highest BCUT2D eigenvalue weighted by molar-refractivity contribution is 5.82. The van der Waals surface area contributed by atoms with Crippen molar-refractivity contribution in [2.75, 3.05) is 7.05 Å². The van der Waals surface area contributed by atoms with Crippen LogP contribution in [0, 0.1) is 5.92 Å². The van der Waals surface area contributed by atoms with Gasteiger partial charge in [-0.2, -0.15) is 0 Å². The van der Waals surface area contributed by atoms with Crippen LogP contribution in [0.5, 0.6) is 0 Å². The minimum absolute atomic E-state index is 0.271. The van der Waals surface area contributed by atoms with Gasteiger partial charge >= 0.3 is 5.63 Å². The maximum Gasteiger partial charge on any atom is 0.336 e. The Morgan fingerprint density at radius 1 is 1.07 bits per heavy atom. The van der Waals surface area contributed by atoms with E-state index in [1.54, 1.807) is 6.07 Å². The third-order valence-corrected chi connectivity index (χ3v) is 6.07. The number of hydrogen-bond acceptors (Lipinski definition) is 4. The molecule has 2 aliphatic rings. The monoisotopic (exact) mass is 363 g/mol. The Bertz CT molecular complexity index is 1060. The first-order chi connectivity index (χ1) is 13.1. The minimum atomic E-state index is -0.271. The average Bonchev–Trinajstić information content (AvgIpc) is 3.01. The summed E-state index contributed by atoms with van der Waals surface area (Å²) < 4.78 is 11.5. The zero-order valence-corrected chi connectivity index (χ0v) is 16.0. The van der Waals surface area contributed by atoms with E-state index in [2.05, 4.69) is 43.1 Å². The van der Waals surface area contributed by atoms with Gasteiger partial charge in [-0.1, -0.05) is 6.92 Å². The lowest BCUT2D eigenvalue weighted by Gasteiger charge is -2.16. The lowest BCUT2D eigenvalue weighted by atomic mass is 10.0. The molecule has 0 radical (unpaired) electrons. The van der Waals surface area contributed by atoms with Crippen LogP contribution in [0.2, 0.25) is 0 Å². The van der Waals surface area contributed by atoms with Gasteiger partial charge in [0.15, 0.2) is 0 Å². The summed E-state index contributed by atoms with van der Waals surface area (Å²) in [6.45, 7) is 3.69. The van der Waals surface area contributed by atoms with Gasteiger partial charge in [0.1, 0.15) is 17.1 Å². The van der Waals surface area contributed by atoms with Gasteiger partial charge in [0.05, 0.1) is 6.54 Å². The first-order valence-electron chi connectivity index (χ1n) is 9.92. The predicted octanol–water partition coefficient (Wildman–Crippen LogP) is 4.63. The van der Waals surface area contributed by atoms with E-state index < -0.39 is 0 Å². The zero-order chi connectivity index (χ0) is 18.5. The zero-order valence-electron chi connectivity index (χ0n) is 16.0. The van der Waals surface area contributed by atoms with Crippen LogP contribution < -0.4 is 5.63 Å². The summed E-state index contributed by atoms with van der Waals surface area (Å²) in [5.74, 6) is 3.46. The largest absolute Gasteiger partial charge is 0.464 e. The molecule has 1 saturated carbocycles. The van der Waals surface area contributed by atoms with E-state index in [1.807, 2.05) is 0 Å². The number of furan rings is 1. The molecule has 27 heavy (non-hydrogen) atoms. The fourth-order valence-electron chi connectivity index (χ4n) is 4.44. The van der Waals surface area contributed by atoms with Crippen LogP contribution in [-0.4, -0.2) is 11.9 Å². The van der Waals surface area contributed by atoms with Crippen molar-refractivity contribution in [3.63, 3.8) is 0 Å². The molecule has 1 aromatic carbocycles. The smallest absolute Gasteiger partial charge is 0.336 e.